The van der Waals surface area contributed by atoms with Crippen LogP contribution in [0.4, 0.5) is 0 Å². The molecule has 0 aliphatic carbocycles. The van der Waals surface area contributed by atoms with Crippen LogP contribution in [0.3, 0.4) is 0 Å². The lowest BCUT2D eigenvalue weighted by atomic mass is 9.62. The van der Waals surface area contributed by atoms with Gasteiger partial charge in [0.1, 0.15) is 17.6 Å². The Kier molecular flexibility index (Phi) is 11.2. The molecule has 3 unspecified atom stereocenters. The van der Waals surface area contributed by atoms with E-state index >= 15 is 0 Å². The molecule has 0 aromatic rings. The van der Waals surface area contributed by atoms with Crippen molar-refractivity contribution in [3.05, 3.63) is 25.3 Å². The molecular weight excluding hydrogens is 538 g/mol. The molecule has 1 spiro atoms. The molecule has 236 valence electrons. The van der Waals surface area contributed by atoms with Crippen LogP contribution in [0, 0.1) is 17.8 Å². The molecule has 4 saturated heterocycles. The zero-order chi connectivity index (χ0) is 30.3. The largest absolute Gasteiger partial charge is 0.465 e. The molecule has 0 saturated carbocycles. The maximum atomic E-state index is 14.6. The molecule has 10 nitrogen and oxygen atoms in total. The second kappa shape index (κ2) is 14.5. The third-order valence-electron chi connectivity index (χ3n) is 9.86. The topological polar surface area (TPSA) is 109 Å². The smallest absolute Gasteiger partial charge is 0.312 e. The summed E-state index contributed by atoms with van der Waals surface area (Å²) in [6.07, 6.45) is 8.53. The van der Waals surface area contributed by atoms with Gasteiger partial charge in [-0.05, 0) is 44.9 Å². The van der Waals surface area contributed by atoms with Crippen LogP contribution in [0.2, 0.25) is 0 Å². The number of allylic oxidation sites excluding steroid dienone is 1. The summed E-state index contributed by atoms with van der Waals surface area (Å²) in [7, 11) is 0. The van der Waals surface area contributed by atoms with Gasteiger partial charge in [-0.15, -0.1) is 13.2 Å². The monoisotopic (exact) mass is 589 g/mol. The van der Waals surface area contributed by atoms with Crippen LogP contribution in [0.15, 0.2) is 25.3 Å². The third-order valence-corrected chi connectivity index (χ3v) is 9.86. The van der Waals surface area contributed by atoms with Crippen LogP contribution >= 0.6 is 0 Å². The Bertz CT molecular complexity index is 985. The molecule has 0 aromatic carbocycles. The highest BCUT2D eigenvalue weighted by Gasteiger charge is 2.80. The van der Waals surface area contributed by atoms with E-state index in [1.54, 1.807) is 22.0 Å². The molecule has 4 aliphatic rings. The average Bonchev–Trinajstić information content (AvgIpc) is 3.49. The highest BCUT2D eigenvalue weighted by Crippen LogP contribution is 2.65. The molecule has 6 atom stereocenters. The van der Waals surface area contributed by atoms with E-state index in [0.717, 1.165) is 32.4 Å². The summed E-state index contributed by atoms with van der Waals surface area (Å²) in [5, 5.41) is 9.19. The van der Waals surface area contributed by atoms with Gasteiger partial charge in [-0.2, -0.15) is 0 Å². The van der Waals surface area contributed by atoms with Crippen LogP contribution in [0.5, 0.6) is 0 Å². The van der Waals surface area contributed by atoms with Gasteiger partial charge in [-0.1, -0.05) is 31.9 Å². The zero-order valence-corrected chi connectivity index (χ0v) is 25.6. The second-order valence-corrected chi connectivity index (χ2v) is 12.5. The minimum Gasteiger partial charge on any atom is -0.465 e. The number of amides is 2. The first-order valence-electron chi connectivity index (χ1n) is 15.8. The summed E-state index contributed by atoms with van der Waals surface area (Å²) in [6.45, 7) is 16.9. The number of ether oxygens (including phenoxy) is 3. The van der Waals surface area contributed by atoms with Crippen molar-refractivity contribution in [1.82, 2.24) is 14.7 Å². The van der Waals surface area contributed by atoms with Gasteiger partial charge in [0, 0.05) is 45.9 Å². The summed E-state index contributed by atoms with van der Waals surface area (Å²) in [6, 6.07) is -0.819. The fourth-order valence-corrected chi connectivity index (χ4v) is 7.56. The van der Waals surface area contributed by atoms with Crippen molar-refractivity contribution in [3.63, 3.8) is 0 Å². The summed E-state index contributed by atoms with van der Waals surface area (Å²) >= 11 is 0. The molecule has 0 radical (unpaired) electrons. The third kappa shape index (κ3) is 6.32. The molecule has 2 amide bonds. The molecule has 4 rings (SSSR count). The molecule has 2 bridgehead atoms. The van der Waals surface area contributed by atoms with Gasteiger partial charge in [0.2, 0.25) is 11.8 Å². The maximum absolute atomic E-state index is 14.6. The lowest BCUT2D eigenvalue weighted by Crippen LogP contribution is -2.57. The van der Waals surface area contributed by atoms with Crippen molar-refractivity contribution in [1.29, 1.82) is 0 Å². The average molecular weight is 590 g/mol. The summed E-state index contributed by atoms with van der Waals surface area (Å²) < 4.78 is 18.0. The number of morpholine rings is 1. The first-order valence-corrected chi connectivity index (χ1v) is 15.8. The molecule has 4 fully saturated rings. The predicted molar refractivity (Wildman–Crippen MR) is 158 cm³/mol. The number of fused-ring (bicyclic) bond motifs is 1. The van der Waals surface area contributed by atoms with Crippen LogP contribution in [0.25, 0.3) is 0 Å². The number of carbonyl (C=O) groups is 3. The van der Waals surface area contributed by atoms with Crippen LogP contribution in [-0.4, -0.2) is 121 Å². The lowest BCUT2D eigenvalue weighted by Gasteiger charge is -2.38. The van der Waals surface area contributed by atoms with E-state index < -0.39 is 35.0 Å². The van der Waals surface area contributed by atoms with E-state index in [-0.39, 0.29) is 30.9 Å². The number of esters is 1. The van der Waals surface area contributed by atoms with E-state index in [9.17, 15) is 19.5 Å². The van der Waals surface area contributed by atoms with Crippen molar-refractivity contribution in [2.45, 2.75) is 76.0 Å². The summed E-state index contributed by atoms with van der Waals surface area (Å²) in [5.74, 6) is -2.32. The Morgan fingerprint density at radius 2 is 1.86 bits per heavy atom. The van der Waals surface area contributed by atoms with E-state index in [2.05, 4.69) is 18.1 Å². The van der Waals surface area contributed by atoms with E-state index in [4.69, 9.17) is 14.2 Å². The van der Waals surface area contributed by atoms with E-state index in [1.807, 2.05) is 13.8 Å². The summed E-state index contributed by atoms with van der Waals surface area (Å²) in [5.41, 5.74) is -1.98. The molecule has 4 heterocycles. The van der Waals surface area contributed by atoms with Crippen molar-refractivity contribution in [2.75, 3.05) is 65.7 Å². The number of aliphatic hydroxyl groups excluding tert-OH is 1. The first kappa shape index (κ1) is 32.6. The molecular formula is C32H51N3O7. The number of rotatable bonds is 17. The van der Waals surface area contributed by atoms with Crippen LogP contribution < -0.4 is 0 Å². The number of likely N-dealkylation sites (tertiary alicyclic amines) is 1. The highest BCUT2D eigenvalue weighted by atomic mass is 16.6. The molecule has 0 aromatic heterocycles. The highest BCUT2D eigenvalue weighted by molar-refractivity contribution is 5.98. The van der Waals surface area contributed by atoms with Crippen molar-refractivity contribution in [2.24, 2.45) is 17.8 Å². The fraction of sp³-hybridized carbons (Fsp3) is 0.781. The maximum Gasteiger partial charge on any atom is 0.312 e. The minimum atomic E-state index is -1.09. The SMILES string of the molecule is C=CCCCOC(=O)[C@@H]1[C@H]2C(=O)N(CCCCCCO)C(C(=O)N(CC=C)CCN3CCOCC3)C23CC(C)[C@@]1(C)O3. The number of carbonyl (C=O) groups excluding carboxylic acids is 3. The van der Waals surface area contributed by atoms with Gasteiger partial charge >= 0.3 is 5.97 Å². The molecule has 1 N–H and O–H groups in total. The predicted octanol–water partition coefficient (Wildman–Crippen LogP) is 2.41. The number of nitrogens with zero attached hydrogens (tertiary/aromatic N) is 3. The van der Waals surface area contributed by atoms with Crippen LogP contribution in [-0.2, 0) is 28.6 Å². The van der Waals surface area contributed by atoms with E-state index in [0.29, 0.717) is 65.1 Å². The number of hydrogen-bond acceptors (Lipinski definition) is 8. The van der Waals surface area contributed by atoms with E-state index in [1.165, 1.54) is 0 Å². The Hall–Kier alpha value is -2.27. The fourth-order valence-electron chi connectivity index (χ4n) is 7.56. The van der Waals surface area contributed by atoms with Gasteiger partial charge in [-0.25, -0.2) is 0 Å². The number of hydrogen-bond donors (Lipinski definition) is 1. The quantitative estimate of drug-likeness (QED) is 0.157. The standard InChI is InChI=1S/C32H51N3O7/c1-5-7-12-20-41-30(39)26-25-28(37)35(14-10-8-9-11-19-36)27(32(25)23-24(3)31(26,4)42-32)29(38)34(13-6-2)16-15-33-17-21-40-22-18-33/h5-6,24-27,36H,1-2,7-23H2,3-4H3/t24?,25-,26-,27?,31+,32?/m0/s1. The minimum absolute atomic E-state index is 0.0340. The van der Waals surface area contributed by atoms with Gasteiger partial charge in [-0.3, -0.25) is 19.3 Å². The Labute approximate surface area is 251 Å². The number of aliphatic hydroxyl groups is 1. The van der Waals surface area contributed by atoms with Gasteiger partial charge < -0.3 is 29.1 Å². The Balaban J connectivity index is 1.62. The van der Waals surface area contributed by atoms with Crippen molar-refractivity contribution < 1.29 is 33.7 Å². The van der Waals surface area contributed by atoms with Gasteiger partial charge in [0.15, 0.2) is 0 Å². The Morgan fingerprint density at radius 3 is 2.55 bits per heavy atom. The first-order chi connectivity index (χ1) is 20.2. The van der Waals surface area contributed by atoms with Gasteiger partial charge in [0.25, 0.3) is 0 Å². The lowest BCUT2D eigenvalue weighted by molar-refractivity contribution is -0.162. The van der Waals surface area contributed by atoms with Crippen molar-refractivity contribution >= 4 is 17.8 Å². The van der Waals surface area contributed by atoms with Gasteiger partial charge in [0.05, 0.1) is 31.3 Å². The molecule has 10 heteroatoms. The van der Waals surface area contributed by atoms with Crippen molar-refractivity contribution in [3.8, 4) is 0 Å². The molecule has 4 aliphatic heterocycles. The summed E-state index contributed by atoms with van der Waals surface area (Å²) in [4.78, 5) is 48.3. The second-order valence-electron chi connectivity index (χ2n) is 12.5. The normalized spacial score (nSPS) is 32.2. The zero-order valence-electron chi connectivity index (χ0n) is 25.6. The molecule has 42 heavy (non-hydrogen) atoms. The Morgan fingerprint density at radius 1 is 1.12 bits per heavy atom. The number of unbranched alkanes of at least 4 members (excludes halogenated alkanes) is 4. The van der Waals surface area contributed by atoms with Crippen LogP contribution in [0.1, 0.15) is 58.8 Å².